The molecule has 1 N–H and O–H groups in total. The van der Waals surface area contributed by atoms with Gasteiger partial charge in [0.15, 0.2) is 5.69 Å². The van der Waals surface area contributed by atoms with Crippen LogP contribution in [0.15, 0.2) is 28.8 Å². The zero-order valence-electron chi connectivity index (χ0n) is 11.7. The summed E-state index contributed by atoms with van der Waals surface area (Å²) in [6.07, 6.45) is -4.53. The molecule has 1 heterocycles. The van der Waals surface area contributed by atoms with E-state index in [1.807, 2.05) is 13.8 Å². The SMILES string of the molecule is CC(C)c1cc(C(=O)Nc2cc(C(F)(F)F)ccc2Cl)no1. The fraction of sp³-hybridized carbons (Fsp3) is 0.286. The van der Waals surface area contributed by atoms with Crippen molar-refractivity contribution in [2.45, 2.75) is 25.9 Å². The summed E-state index contributed by atoms with van der Waals surface area (Å²) < 4.78 is 43.0. The molecular formula is C14H12ClF3N2O2. The zero-order chi connectivity index (χ0) is 16.5. The minimum absolute atomic E-state index is 0.00562. The fourth-order valence-electron chi connectivity index (χ4n) is 1.65. The number of aromatic nitrogens is 1. The largest absolute Gasteiger partial charge is 0.416 e. The molecule has 0 spiro atoms. The van der Waals surface area contributed by atoms with E-state index in [2.05, 4.69) is 10.5 Å². The van der Waals surface area contributed by atoms with E-state index in [1.165, 1.54) is 6.07 Å². The molecule has 0 fully saturated rings. The molecule has 0 saturated heterocycles. The van der Waals surface area contributed by atoms with Gasteiger partial charge in [-0.15, -0.1) is 0 Å². The van der Waals surface area contributed by atoms with Crippen molar-refractivity contribution < 1.29 is 22.5 Å². The van der Waals surface area contributed by atoms with Crippen LogP contribution in [0, 0.1) is 0 Å². The third-order valence-corrected chi connectivity index (χ3v) is 3.20. The Morgan fingerprint density at radius 2 is 2.00 bits per heavy atom. The Morgan fingerprint density at radius 3 is 2.55 bits per heavy atom. The summed E-state index contributed by atoms with van der Waals surface area (Å²) in [7, 11) is 0. The highest BCUT2D eigenvalue weighted by atomic mass is 35.5. The predicted molar refractivity (Wildman–Crippen MR) is 75.0 cm³/mol. The van der Waals surface area contributed by atoms with Crippen LogP contribution in [0.3, 0.4) is 0 Å². The average molecular weight is 333 g/mol. The second-order valence-corrected chi connectivity index (χ2v) is 5.32. The van der Waals surface area contributed by atoms with E-state index < -0.39 is 17.6 Å². The molecule has 4 nitrogen and oxygen atoms in total. The fourth-order valence-corrected chi connectivity index (χ4v) is 1.82. The van der Waals surface area contributed by atoms with Crippen molar-refractivity contribution in [3.05, 3.63) is 46.3 Å². The number of amides is 1. The maximum Gasteiger partial charge on any atom is 0.416 e. The second-order valence-electron chi connectivity index (χ2n) is 4.92. The van der Waals surface area contributed by atoms with Crippen molar-refractivity contribution in [3.63, 3.8) is 0 Å². The van der Waals surface area contributed by atoms with Crippen molar-refractivity contribution >= 4 is 23.2 Å². The number of carbonyl (C=O) groups excluding carboxylic acids is 1. The van der Waals surface area contributed by atoms with Gasteiger partial charge >= 0.3 is 6.18 Å². The molecule has 2 aromatic rings. The van der Waals surface area contributed by atoms with Crippen LogP contribution >= 0.6 is 11.6 Å². The first-order valence-electron chi connectivity index (χ1n) is 6.33. The highest BCUT2D eigenvalue weighted by Gasteiger charge is 2.31. The Kier molecular flexibility index (Phi) is 4.46. The minimum Gasteiger partial charge on any atom is -0.360 e. The van der Waals surface area contributed by atoms with Crippen molar-refractivity contribution in [2.75, 3.05) is 5.32 Å². The highest BCUT2D eigenvalue weighted by molar-refractivity contribution is 6.33. The topological polar surface area (TPSA) is 55.1 Å². The van der Waals surface area contributed by atoms with Gasteiger partial charge in [-0.05, 0) is 18.2 Å². The lowest BCUT2D eigenvalue weighted by atomic mass is 10.1. The van der Waals surface area contributed by atoms with E-state index in [1.54, 1.807) is 0 Å². The van der Waals surface area contributed by atoms with Crippen LogP contribution in [0.25, 0.3) is 0 Å². The molecule has 0 aliphatic rings. The minimum atomic E-state index is -4.53. The Balaban J connectivity index is 2.24. The first kappa shape index (κ1) is 16.4. The zero-order valence-corrected chi connectivity index (χ0v) is 12.4. The van der Waals surface area contributed by atoms with Crippen molar-refractivity contribution in [3.8, 4) is 0 Å². The third-order valence-electron chi connectivity index (χ3n) is 2.87. The number of anilines is 1. The first-order chi connectivity index (χ1) is 10.2. The van der Waals surface area contributed by atoms with Gasteiger partial charge in [-0.1, -0.05) is 30.6 Å². The number of halogens is 4. The summed E-state index contributed by atoms with van der Waals surface area (Å²) in [5.74, 6) is -0.164. The van der Waals surface area contributed by atoms with Gasteiger partial charge in [0.1, 0.15) is 5.76 Å². The smallest absolute Gasteiger partial charge is 0.360 e. The van der Waals surface area contributed by atoms with E-state index in [0.717, 1.165) is 18.2 Å². The highest BCUT2D eigenvalue weighted by Crippen LogP contribution is 2.34. The summed E-state index contributed by atoms with van der Waals surface area (Å²) in [6, 6.07) is 4.11. The standard InChI is InChI=1S/C14H12ClF3N2O2/c1-7(2)12-6-11(20-22-12)13(21)19-10-5-8(14(16,17)18)3-4-9(10)15/h3-7H,1-2H3,(H,19,21). The molecule has 0 saturated carbocycles. The number of nitrogens with zero attached hydrogens (tertiary/aromatic N) is 1. The number of hydrogen-bond acceptors (Lipinski definition) is 3. The van der Waals surface area contributed by atoms with Crippen LogP contribution in [0.1, 0.15) is 41.6 Å². The molecule has 22 heavy (non-hydrogen) atoms. The van der Waals surface area contributed by atoms with Gasteiger partial charge < -0.3 is 9.84 Å². The molecule has 0 unspecified atom stereocenters. The van der Waals surface area contributed by atoms with Gasteiger partial charge in [-0.3, -0.25) is 4.79 Å². The molecule has 0 aliphatic heterocycles. The Labute approximate surface area is 129 Å². The molecule has 0 radical (unpaired) electrons. The summed E-state index contributed by atoms with van der Waals surface area (Å²) >= 11 is 5.81. The average Bonchev–Trinajstić information content (AvgIpc) is 2.89. The van der Waals surface area contributed by atoms with Gasteiger partial charge in [0.2, 0.25) is 0 Å². The van der Waals surface area contributed by atoms with Gasteiger partial charge in [-0.25, -0.2) is 0 Å². The predicted octanol–water partition coefficient (Wildman–Crippen LogP) is 4.72. The molecule has 1 aromatic carbocycles. The van der Waals surface area contributed by atoms with Crippen molar-refractivity contribution in [1.82, 2.24) is 5.16 Å². The molecule has 118 valence electrons. The van der Waals surface area contributed by atoms with Gasteiger partial charge in [-0.2, -0.15) is 13.2 Å². The van der Waals surface area contributed by atoms with Crippen LogP contribution in [0.2, 0.25) is 5.02 Å². The Morgan fingerprint density at radius 1 is 1.32 bits per heavy atom. The Hall–Kier alpha value is -2.02. The molecule has 0 atom stereocenters. The maximum absolute atomic E-state index is 12.7. The molecule has 1 amide bonds. The third kappa shape index (κ3) is 3.59. The molecular weight excluding hydrogens is 321 g/mol. The number of alkyl halides is 3. The van der Waals surface area contributed by atoms with Gasteiger partial charge in [0.25, 0.3) is 5.91 Å². The molecule has 0 bridgehead atoms. The summed E-state index contributed by atoms with van der Waals surface area (Å²) in [6.45, 7) is 3.71. The van der Waals surface area contributed by atoms with Gasteiger partial charge in [0.05, 0.1) is 16.3 Å². The first-order valence-corrected chi connectivity index (χ1v) is 6.71. The van der Waals surface area contributed by atoms with E-state index >= 15 is 0 Å². The molecule has 1 aromatic heterocycles. The van der Waals surface area contributed by atoms with Crippen LogP contribution in [-0.2, 0) is 6.18 Å². The number of rotatable bonds is 3. The molecule has 2 rings (SSSR count). The lowest BCUT2D eigenvalue weighted by Crippen LogP contribution is -2.14. The monoisotopic (exact) mass is 332 g/mol. The van der Waals surface area contributed by atoms with Crippen LogP contribution in [0.5, 0.6) is 0 Å². The van der Waals surface area contributed by atoms with Crippen molar-refractivity contribution in [1.29, 1.82) is 0 Å². The van der Waals surface area contributed by atoms with E-state index in [0.29, 0.717) is 5.76 Å². The van der Waals surface area contributed by atoms with Crippen LogP contribution in [-0.4, -0.2) is 11.1 Å². The molecule has 0 aliphatic carbocycles. The van der Waals surface area contributed by atoms with Crippen LogP contribution < -0.4 is 5.32 Å². The number of hydrogen-bond donors (Lipinski definition) is 1. The maximum atomic E-state index is 12.7. The van der Waals surface area contributed by atoms with E-state index in [4.69, 9.17) is 16.1 Å². The number of benzene rings is 1. The second kappa shape index (κ2) is 6.00. The van der Waals surface area contributed by atoms with Crippen molar-refractivity contribution in [2.24, 2.45) is 0 Å². The Bertz CT molecular complexity index is 696. The lowest BCUT2D eigenvalue weighted by molar-refractivity contribution is -0.137. The normalized spacial score (nSPS) is 11.8. The van der Waals surface area contributed by atoms with Crippen LogP contribution in [0.4, 0.5) is 18.9 Å². The summed E-state index contributed by atoms with van der Waals surface area (Å²) in [5, 5.41) is 5.87. The van der Waals surface area contributed by atoms with Gasteiger partial charge in [0, 0.05) is 12.0 Å². The summed E-state index contributed by atoms with van der Waals surface area (Å²) in [4.78, 5) is 12.0. The summed E-state index contributed by atoms with van der Waals surface area (Å²) in [5.41, 5.74) is -1.08. The van der Waals surface area contributed by atoms with E-state index in [-0.39, 0.29) is 22.3 Å². The van der Waals surface area contributed by atoms with E-state index in [9.17, 15) is 18.0 Å². The molecule has 8 heteroatoms. The quantitative estimate of drug-likeness (QED) is 0.884. The number of carbonyl (C=O) groups is 1. The lowest BCUT2D eigenvalue weighted by Gasteiger charge is -2.10. The number of nitrogens with one attached hydrogen (secondary N) is 1.